The van der Waals surface area contributed by atoms with Crippen LogP contribution in [0.1, 0.15) is 53.6 Å². The van der Waals surface area contributed by atoms with Crippen LogP contribution >= 0.6 is 0 Å². The predicted octanol–water partition coefficient (Wildman–Crippen LogP) is 6.67. The predicted molar refractivity (Wildman–Crippen MR) is 142 cm³/mol. The molecular weight excluding hydrogens is 434 g/mol. The average Bonchev–Trinajstić information content (AvgIpc) is 3.32. The fourth-order valence-electron chi connectivity index (χ4n) is 6.30. The van der Waals surface area contributed by atoms with Crippen LogP contribution in [0.5, 0.6) is 0 Å². The Morgan fingerprint density at radius 2 is 1.51 bits per heavy atom. The molecule has 6 rings (SSSR count). The molecule has 5 heteroatoms. The number of piperidine rings is 1. The molecule has 2 heterocycles. The molecule has 2 fully saturated rings. The third-order valence-corrected chi connectivity index (χ3v) is 8.24. The minimum Gasteiger partial charge on any atom is -0.478 e. The molecule has 0 aromatic heterocycles. The Kier molecular flexibility index (Phi) is 5.85. The standard InChI is InChI=1S/C30H33N3O2/c34-30(35)28-7-3-4-8-29(28)31-25-10-9-23-19-33(20-24(23)17-25)27-13-11-26(12-14-27)32-16-15-21-5-1-2-6-22(21)18-32/h3-4,7-14,17,21-22,31H,1-2,5-6,15-16,18-20H2,(H,34,35)/t21-,22-/m0/s1. The van der Waals surface area contributed by atoms with Crippen molar-refractivity contribution in [2.75, 3.05) is 28.2 Å². The molecule has 35 heavy (non-hydrogen) atoms. The number of hydrogen-bond donors (Lipinski definition) is 2. The summed E-state index contributed by atoms with van der Waals surface area (Å²) in [5.41, 5.74) is 7.03. The highest BCUT2D eigenvalue weighted by atomic mass is 16.4. The van der Waals surface area contributed by atoms with Crippen LogP contribution < -0.4 is 15.1 Å². The van der Waals surface area contributed by atoms with E-state index >= 15 is 0 Å². The van der Waals surface area contributed by atoms with E-state index in [0.29, 0.717) is 5.69 Å². The van der Waals surface area contributed by atoms with Gasteiger partial charge in [-0.1, -0.05) is 37.5 Å². The summed E-state index contributed by atoms with van der Waals surface area (Å²) in [5.74, 6) is 0.918. The quantitative estimate of drug-likeness (QED) is 0.439. The molecule has 2 N–H and O–H groups in total. The number of aromatic carboxylic acids is 1. The number of carboxylic acid groups (broad SMARTS) is 1. The van der Waals surface area contributed by atoms with Gasteiger partial charge in [0.25, 0.3) is 0 Å². The zero-order valence-electron chi connectivity index (χ0n) is 20.1. The molecule has 3 aromatic carbocycles. The maximum Gasteiger partial charge on any atom is 0.337 e. The van der Waals surface area contributed by atoms with Gasteiger partial charge in [-0.2, -0.15) is 0 Å². The van der Waals surface area contributed by atoms with Crippen molar-refractivity contribution in [1.82, 2.24) is 0 Å². The van der Waals surface area contributed by atoms with Crippen LogP contribution in [0.25, 0.3) is 0 Å². The van der Waals surface area contributed by atoms with Gasteiger partial charge in [-0.05, 0) is 84.3 Å². The zero-order valence-corrected chi connectivity index (χ0v) is 20.1. The minimum atomic E-state index is -0.924. The number of nitrogens with one attached hydrogen (secondary N) is 1. The van der Waals surface area contributed by atoms with E-state index in [2.05, 4.69) is 51.5 Å². The Morgan fingerprint density at radius 3 is 2.31 bits per heavy atom. The lowest BCUT2D eigenvalue weighted by Gasteiger charge is -2.42. The molecule has 2 atom stereocenters. The normalized spacial score (nSPS) is 21.4. The number of carbonyl (C=O) groups is 1. The summed E-state index contributed by atoms with van der Waals surface area (Å²) in [6, 6.07) is 22.5. The molecule has 3 aliphatic rings. The zero-order chi connectivity index (χ0) is 23.8. The van der Waals surface area contributed by atoms with Gasteiger partial charge in [0.15, 0.2) is 0 Å². The Morgan fingerprint density at radius 1 is 0.800 bits per heavy atom. The van der Waals surface area contributed by atoms with E-state index in [4.69, 9.17) is 0 Å². The molecule has 3 aromatic rings. The van der Waals surface area contributed by atoms with Gasteiger partial charge in [0.2, 0.25) is 0 Å². The molecule has 1 saturated carbocycles. The Labute approximate surface area is 207 Å². The molecule has 0 bridgehead atoms. The first-order chi connectivity index (χ1) is 17.1. The van der Waals surface area contributed by atoms with Crippen LogP contribution in [0, 0.1) is 11.8 Å². The molecule has 0 amide bonds. The van der Waals surface area contributed by atoms with E-state index in [1.54, 1.807) is 18.2 Å². The van der Waals surface area contributed by atoms with E-state index in [-0.39, 0.29) is 5.56 Å². The lowest BCUT2D eigenvalue weighted by atomic mass is 9.75. The fraction of sp³-hybridized carbons (Fsp3) is 0.367. The second-order valence-corrected chi connectivity index (χ2v) is 10.4. The first-order valence-electron chi connectivity index (χ1n) is 13.0. The lowest BCUT2D eigenvalue weighted by Crippen LogP contribution is -2.41. The Balaban J connectivity index is 1.13. The fourth-order valence-corrected chi connectivity index (χ4v) is 6.30. The number of fused-ring (bicyclic) bond motifs is 2. The van der Waals surface area contributed by atoms with Crippen molar-refractivity contribution in [1.29, 1.82) is 0 Å². The van der Waals surface area contributed by atoms with Gasteiger partial charge in [0.1, 0.15) is 0 Å². The highest BCUT2D eigenvalue weighted by Gasteiger charge is 2.31. The molecule has 0 spiro atoms. The van der Waals surface area contributed by atoms with Gasteiger partial charge in [0, 0.05) is 43.2 Å². The highest BCUT2D eigenvalue weighted by molar-refractivity contribution is 5.95. The van der Waals surface area contributed by atoms with Crippen molar-refractivity contribution < 1.29 is 9.90 Å². The summed E-state index contributed by atoms with van der Waals surface area (Å²) in [5, 5.41) is 12.8. The number of para-hydroxylation sites is 1. The Bertz CT molecular complexity index is 1220. The molecule has 1 saturated heterocycles. The van der Waals surface area contributed by atoms with Crippen molar-refractivity contribution in [2.45, 2.75) is 45.2 Å². The summed E-state index contributed by atoms with van der Waals surface area (Å²) in [4.78, 5) is 16.5. The van der Waals surface area contributed by atoms with Crippen molar-refractivity contribution in [3.8, 4) is 0 Å². The van der Waals surface area contributed by atoms with Gasteiger partial charge in [-0.15, -0.1) is 0 Å². The van der Waals surface area contributed by atoms with Crippen LogP contribution in [0.2, 0.25) is 0 Å². The van der Waals surface area contributed by atoms with Crippen molar-refractivity contribution in [2.24, 2.45) is 11.8 Å². The van der Waals surface area contributed by atoms with Gasteiger partial charge < -0.3 is 20.2 Å². The van der Waals surface area contributed by atoms with E-state index < -0.39 is 5.97 Å². The number of anilines is 4. The number of carboxylic acids is 1. The number of nitrogens with zero attached hydrogens (tertiary/aromatic N) is 2. The minimum absolute atomic E-state index is 0.280. The third kappa shape index (κ3) is 4.47. The smallest absolute Gasteiger partial charge is 0.337 e. The summed E-state index contributed by atoms with van der Waals surface area (Å²) >= 11 is 0. The highest BCUT2D eigenvalue weighted by Crippen LogP contribution is 2.38. The molecule has 2 aliphatic heterocycles. The van der Waals surface area contributed by atoms with Crippen LogP contribution in [-0.2, 0) is 13.1 Å². The monoisotopic (exact) mass is 467 g/mol. The van der Waals surface area contributed by atoms with Crippen LogP contribution in [0.4, 0.5) is 22.7 Å². The topological polar surface area (TPSA) is 55.8 Å². The van der Waals surface area contributed by atoms with Gasteiger partial charge in [-0.25, -0.2) is 4.79 Å². The van der Waals surface area contributed by atoms with E-state index in [1.165, 1.54) is 67.7 Å². The van der Waals surface area contributed by atoms with Gasteiger partial charge >= 0.3 is 5.97 Å². The van der Waals surface area contributed by atoms with E-state index in [9.17, 15) is 9.90 Å². The van der Waals surface area contributed by atoms with Crippen molar-refractivity contribution in [3.05, 3.63) is 83.4 Å². The number of hydrogen-bond acceptors (Lipinski definition) is 4. The summed E-state index contributed by atoms with van der Waals surface area (Å²) < 4.78 is 0. The third-order valence-electron chi connectivity index (χ3n) is 8.24. The molecule has 0 unspecified atom stereocenters. The van der Waals surface area contributed by atoms with Crippen molar-refractivity contribution in [3.63, 3.8) is 0 Å². The molecular formula is C30H33N3O2. The summed E-state index contributed by atoms with van der Waals surface area (Å²) in [7, 11) is 0. The molecule has 0 radical (unpaired) electrons. The van der Waals surface area contributed by atoms with Crippen LogP contribution in [0.3, 0.4) is 0 Å². The molecule has 1 aliphatic carbocycles. The summed E-state index contributed by atoms with van der Waals surface area (Å²) in [6.07, 6.45) is 7.04. The maximum absolute atomic E-state index is 11.5. The number of benzene rings is 3. The van der Waals surface area contributed by atoms with Gasteiger partial charge in [0.05, 0.1) is 11.3 Å². The second-order valence-electron chi connectivity index (χ2n) is 10.4. The second kappa shape index (κ2) is 9.29. The maximum atomic E-state index is 11.5. The van der Waals surface area contributed by atoms with Crippen molar-refractivity contribution >= 4 is 28.7 Å². The van der Waals surface area contributed by atoms with E-state index in [0.717, 1.165) is 30.6 Å². The van der Waals surface area contributed by atoms with Crippen LogP contribution in [0.15, 0.2) is 66.7 Å². The first-order valence-corrected chi connectivity index (χ1v) is 13.0. The Hall–Kier alpha value is -3.47. The summed E-state index contributed by atoms with van der Waals surface area (Å²) in [6.45, 7) is 4.17. The molecule has 180 valence electrons. The van der Waals surface area contributed by atoms with Gasteiger partial charge in [-0.3, -0.25) is 0 Å². The molecule has 5 nitrogen and oxygen atoms in total. The van der Waals surface area contributed by atoms with E-state index in [1.807, 2.05) is 12.1 Å². The number of rotatable bonds is 5. The first kappa shape index (κ1) is 22.0. The van der Waals surface area contributed by atoms with Crippen LogP contribution in [-0.4, -0.2) is 24.2 Å². The average molecular weight is 468 g/mol. The SMILES string of the molecule is O=C(O)c1ccccc1Nc1ccc2c(c1)CN(c1ccc(N3CC[C@@H]4CCCC[C@H]4C3)cc1)C2. The lowest BCUT2D eigenvalue weighted by molar-refractivity contribution is 0.0698. The largest absolute Gasteiger partial charge is 0.478 e.